The summed E-state index contributed by atoms with van der Waals surface area (Å²) in [6.45, 7) is 15.6. The van der Waals surface area contributed by atoms with Gasteiger partial charge in [-0.05, 0) is 107 Å². The molecule has 1 fully saturated rings. The van der Waals surface area contributed by atoms with Gasteiger partial charge in [0, 0.05) is 42.0 Å². The fourth-order valence-electron chi connectivity index (χ4n) is 6.43. The Hall–Kier alpha value is -3.52. The highest BCUT2D eigenvalue weighted by Crippen LogP contribution is 2.46. The second-order valence-electron chi connectivity index (χ2n) is 14.1. The lowest BCUT2D eigenvalue weighted by Gasteiger charge is -2.41. The van der Waals surface area contributed by atoms with E-state index in [0.29, 0.717) is 23.2 Å². The van der Waals surface area contributed by atoms with Gasteiger partial charge in [-0.15, -0.1) is 0 Å². The van der Waals surface area contributed by atoms with Crippen LogP contribution in [0.25, 0.3) is 11.1 Å². The third-order valence-corrected chi connectivity index (χ3v) is 8.80. The van der Waals surface area contributed by atoms with Gasteiger partial charge in [0.2, 0.25) is 0 Å². The minimum atomic E-state index is -1.18. The summed E-state index contributed by atoms with van der Waals surface area (Å²) in [6, 6.07) is 10.1. The Bertz CT molecular complexity index is 1550. The van der Waals surface area contributed by atoms with Crippen molar-refractivity contribution >= 4 is 11.7 Å². The van der Waals surface area contributed by atoms with Gasteiger partial charge in [-0.2, -0.15) is 0 Å². The molecule has 0 aliphatic carbocycles. The van der Waals surface area contributed by atoms with Crippen LogP contribution >= 0.6 is 0 Å². The largest absolute Gasteiger partial charge is 0.490 e. The standard InChI is InChI=1S/C36H44F2N2O4/c1-21-30(25-10-13-29-24(20-25)9-11-26(43-29)18-23-8-12-27(37)28(38)19-23)32(40-16-14-36(6,7)15-17-40)31(22(2)39-21)33(34(41)42)44-35(3,4)5/h8,10,12-13,19-20,26,33H,9,11,14-18H2,1-7H3,(H,41,42)/t26-,33?/m1/s1. The predicted octanol–water partition coefficient (Wildman–Crippen LogP) is 8.15. The van der Waals surface area contributed by atoms with Crippen LogP contribution in [0.4, 0.5) is 14.5 Å². The zero-order valence-electron chi connectivity index (χ0n) is 26.9. The van der Waals surface area contributed by atoms with Gasteiger partial charge in [-0.1, -0.05) is 26.0 Å². The van der Waals surface area contributed by atoms with Crippen LogP contribution in [-0.2, 0) is 22.4 Å². The van der Waals surface area contributed by atoms with E-state index in [2.05, 4.69) is 24.8 Å². The van der Waals surface area contributed by atoms with E-state index in [0.717, 1.165) is 78.7 Å². The number of nitrogens with zero attached hydrogens (tertiary/aromatic N) is 2. The lowest BCUT2D eigenvalue weighted by atomic mass is 9.81. The number of aromatic nitrogens is 1. The van der Waals surface area contributed by atoms with Gasteiger partial charge < -0.3 is 19.5 Å². The third-order valence-electron chi connectivity index (χ3n) is 8.80. The first kappa shape index (κ1) is 31.9. The molecular formula is C36H44F2N2O4. The maximum Gasteiger partial charge on any atom is 0.337 e. The van der Waals surface area contributed by atoms with Crippen LogP contribution in [0, 0.1) is 30.9 Å². The van der Waals surface area contributed by atoms with E-state index in [9.17, 15) is 18.7 Å². The Morgan fingerprint density at radius 3 is 2.43 bits per heavy atom. The molecule has 3 aromatic rings. The van der Waals surface area contributed by atoms with E-state index < -0.39 is 29.3 Å². The molecule has 0 bridgehead atoms. The van der Waals surface area contributed by atoms with Crippen molar-refractivity contribution in [2.24, 2.45) is 5.41 Å². The zero-order chi connectivity index (χ0) is 32.0. The number of aryl methyl sites for hydroxylation is 3. The third kappa shape index (κ3) is 6.90. The predicted molar refractivity (Wildman–Crippen MR) is 168 cm³/mol. The van der Waals surface area contributed by atoms with Gasteiger partial charge in [-0.3, -0.25) is 4.98 Å². The Morgan fingerprint density at radius 1 is 1.09 bits per heavy atom. The summed E-state index contributed by atoms with van der Waals surface area (Å²) in [7, 11) is 0. The van der Waals surface area contributed by atoms with Gasteiger partial charge in [0.1, 0.15) is 11.9 Å². The van der Waals surface area contributed by atoms with Crippen LogP contribution < -0.4 is 9.64 Å². The second-order valence-corrected chi connectivity index (χ2v) is 14.1. The van der Waals surface area contributed by atoms with E-state index in [-0.39, 0.29) is 11.5 Å². The van der Waals surface area contributed by atoms with E-state index in [1.165, 1.54) is 6.07 Å². The fourth-order valence-corrected chi connectivity index (χ4v) is 6.43. The number of ether oxygens (including phenoxy) is 2. The number of hydrogen-bond donors (Lipinski definition) is 1. The SMILES string of the molecule is Cc1nc(C)c(C(OC(C)(C)C)C(=O)O)c(N2CCC(C)(C)CC2)c1-c1ccc2c(c1)CC[C@H](Cc1ccc(F)c(F)c1)O2. The van der Waals surface area contributed by atoms with Crippen molar-refractivity contribution in [3.8, 4) is 16.9 Å². The average Bonchev–Trinajstić information content (AvgIpc) is 2.93. The average molecular weight is 607 g/mol. The first-order valence-electron chi connectivity index (χ1n) is 15.5. The Morgan fingerprint density at radius 2 is 1.80 bits per heavy atom. The number of hydrogen-bond acceptors (Lipinski definition) is 5. The molecule has 3 heterocycles. The molecule has 0 amide bonds. The molecule has 2 aliphatic heterocycles. The van der Waals surface area contributed by atoms with E-state index in [4.69, 9.17) is 14.5 Å². The highest BCUT2D eigenvalue weighted by molar-refractivity contribution is 5.88. The Labute approximate surface area is 259 Å². The lowest BCUT2D eigenvalue weighted by Crippen LogP contribution is -2.39. The van der Waals surface area contributed by atoms with Crippen molar-refractivity contribution in [3.05, 3.63) is 76.1 Å². The number of benzene rings is 2. The van der Waals surface area contributed by atoms with Crippen LogP contribution in [-0.4, -0.2) is 40.9 Å². The van der Waals surface area contributed by atoms with E-state index >= 15 is 0 Å². The van der Waals surface area contributed by atoms with Crippen molar-refractivity contribution < 1.29 is 28.2 Å². The summed E-state index contributed by atoms with van der Waals surface area (Å²) in [6.07, 6.45) is 2.64. The van der Waals surface area contributed by atoms with Crippen LogP contribution in [0.2, 0.25) is 0 Å². The summed E-state index contributed by atoms with van der Waals surface area (Å²) in [5.41, 5.74) is 6.13. The molecule has 8 heteroatoms. The molecule has 1 aromatic heterocycles. The second kappa shape index (κ2) is 12.1. The Balaban J connectivity index is 1.56. The summed E-state index contributed by atoms with van der Waals surface area (Å²) in [5, 5.41) is 10.4. The minimum Gasteiger partial charge on any atom is -0.490 e. The monoisotopic (exact) mass is 606 g/mol. The molecule has 1 N–H and O–H groups in total. The van der Waals surface area contributed by atoms with Crippen LogP contribution in [0.3, 0.4) is 0 Å². The normalized spacial score (nSPS) is 18.8. The lowest BCUT2D eigenvalue weighted by molar-refractivity contribution is -0.160. The molecule has 0 saturated carbocycles. The number of anilines is 1. The summed E-state index contributed by atoms with van der Waals surface area (Å²) < 4.78 is 39.7. The molecule has 2 atom stereocenters. The van der Waals surface area contributed by atoms with Gasteiger partial charge in [0.05, 0.1) is 11.3 Å². The minimum absolute atomic E-state index is 0.147. The molecule has 2 aliphatic rings. The van der Waals surface area contributed by atoms with Crippen molar-refractivity contribution in [2.45, 2.75) is 98.4 Å². The molecular weight excluding hydrogens is 562 g/mol. The van der Waals surface area contributed by atoms with Crippen molar-refractivity contribution in [3.63, 3.8) is 0 Å². The number of carboxylic acid groups (broad SMARTS) is 1. The van der Waals surface area contributed by atoms with E-state index in [1.807, 2.05) is 46.8 Å². The maximum atomic E-state index is 13.8. The molecule has 44 heavy (non-hydrogen) atoms. The number of piperidine rings is 1. The van der Waals surface area contributed by atoms with Crippen LogP contribution in [0.5, 0.6) is 5.75 Å². The smallest absolute Gasteiger partial charge is 0.337 e. The molecule has 236 valence electrons. The number of aliphatic carboxylic acids is 1. The number of pyridine rings is 1. The van der Waals surface area contributed by atoms with Crippen LogP contribution in [0.15, 0.2) is 36.4 Å². The first-order valence-corrected chi connectivity index (χ1v) is 15.5. The summed E-state index contributed by atoms with van der Waals surface area (Å²) in [4.78, 5) is 20.0. The molecule has 1 unspecified atom stereocenters. The molecule has 1 saturated heterocycles. The molecule has 0 spiro atoms. The zero-order valence-corrected chi connectivity index (χ0v) is 26.9. The van der Waals surface area contributed by atoms with Gasteiger partial charge in [-0.25, -0.2) is 13.6 Å². The maximum absolute atomic E-state index is 13.8. The summed E-state index contributed by atoms with van der Waals surface area (Å²) >= 11 is 0. The number of halogens is 2. The number of carboxylic acids is 1. The topological polar surface area (TPSA) is 71.9 Å². The highest BCUT2D eigenvalue weighted by atomic mass is 19.2. The molecule has 0 radical (unpaired) electrons. The van der Waals surface area contributed by atoms with Crippen molar-refractivity contribution in [1.82, 2.24) is 4.98 Å². The first-order chi connectivity index (χ1) is 20.6. The fraction of sp³-hybridized carbons (Fsp3) is 0.500. The molecule has 5 rings (SSSR count). The van der Waals surface area contributed by atoms with Gasteiger partial charge in [0.25, 0.3) is 0 Å². The van der Waals surface area contributed by atoms with Crippen LogP contribution in [0.1, 0.15) is 88.1 Å². The van der Waals surface area contributed by atoms with E-state index in [1.54, 1.807) is 6.07 Å². The quantitative estimate of drug-likeness (QED) is 0.293. The summed E-state index contributed by atoms with van der Waals surface area (Å²) in [5.74, 6) is -1.97. The molecule has 2 aromatic carbocycles. The van der Waals surface area contributed by atoms with Gasteiger partial charge >= 0.3 is 5.97 Å². The highest BCUT2D eigenvalue weighted by Gasteiger charge is 2.36. The van der Waals surface area contributed by atoms with Gasteiger partial charge in [0.15, 0.2) is 17.7 Å². The number of rotatable bonds is 7. The van der Waals surface area contributed by atoms with Crippen molar-refractivity contribution in [2.75, 3.05) is 18.0 Å². The Kier molecular flexibility index (Phi) is 8.78. The van der Waals surface area contributed by atoms with Crippen molar-refractivity contribution in [1.29, 1.82) is 0 Å². The number of carbonyl (C=O) groups is 1. The number of fused-ring (bicyclic) bond motifs is 1. The molecule has 6 nitrogen and oxygen atoms in total.